The van der Waals surface area contributed by atoms with Gasteiger partial charge in [0.1, 0.15) is 11.5 Å². The summed E-state index contributed by atoms with van der Waals surface area (Å²) in [6.45, 7) is 3.87. The molecule has 0 aliphatic rings. The first-order valence-corrected chi connectivity index (χ1v) is 9.11. The number of hydrogen-bond acceptors (Lipinski definition) is 5. The first-order valence-electron chi connectivity index (χ1n) is 9.11. The molecule has 152 valence electrons. The van der Waals surface area contributed by atoms with Crippen molar-refractivity contribution < 1.29 is 19.1 Å². The monoisotopic (exact) mass is 396 g/mol. The number of nitrogens with zero attached hydrogens (tertiary/aromatic N) is 2. The summed E-state index contributed by atoms with van der Waals surface area (Å²) in [7, 11) is 1.53. The Hall–Kier alpha value is -3.73. The van der Waals surface area contributed by atoms with E-state index in [9.17, 15) is 9.59 Å². The highest BCUT2D eigenvalue weighted by molar-refractivity contribution is 5.91. The first kappa shape index (κ1) is 21.6. The lowest BCUT2D eigenvalue weighted by molar-refractivity contribution is 0.207. The lowest BCUT2D eigenvalue weighted by atomic mass is 10.2. The number of carbonyl (C=O) groups is 2. The molecule has 0 radical (unpaired) electrons. The van der Waals surface area contributed by atoms with Gasteiger partial charge in [-0.2, -0.15) is 5.26 Å². The molecular weight excluding hydrogens is 372 g/mol. The van der Waals surface area contributed by atoms with Gasteiger partial charge in [0.15, 0.2) is 0 Å². The number of hydrogen-bond donors (Lipinski definition) is 2. The number of carbonyl (C=O) groups excluding carboxylic acids is 2. The zero-order chi connectivity index (χ0) is 21.2. The molecule has 2 N–H and O–H groups in total. The molecule has 0 heterocycles. The fraction of sp³-hybridized carbons (Fsp3) is 0.286. The Labute approximate surface area is 170 Å². The van der Waals surface area contributed by atoms with Crippen LogP contribution in [0, 0.1) is 11.3 Å². The molecule has 0 unspecified atom stereocenters. The summed E-state index contributed by atoms with van der Waals surface area (Å²) in [4.78, 5) is 26.0. The number of benzene rings is 2. The van der Waals surface area contributed by atoms with Crippen LogP contribution < -0.4 is 25.0 Å². The van der Waals surface area contributed by atoms with Crippen molar-refractivity contribution in [1.29, 1.82) is 5.26 Å². The topological polar surface area (TPSA) is 104 Å². The molecule has 0 fully saturated rings. The van der Waals surface area contributed by atoms with Crippen molar-refractivity contribution in [3.8, 4) is 17.6 Å². The fourth-order valence-corrected chi connectivity index (χ4v) is 2.49. The van der Waals surface area contributed by atoms with Gasteiger partial charge in [0.2, 0.25) is 0 Å². The van der Waals surface area contributed by atoms with Gasteiger partial charge in [-0.15, -0.1) is 0 Å². The lowest BCUT2D eigenvalue weighted by Gasteiger charge is -2.21. The maximum Gasteiger partial charge on any atom is 0.419 e. The van der Waals surface area contributed by atoms with Gasteiger partial charge < -0.3 is 20.1 Å². The van der Waals surface area contributed by atoms with Crippen molar-refractivity contribution in [2.24, 2.45) is 0 Å². The minimum atomic E-state index is -0.641. The molecule has 0 aromatic heterocycles. The molecule has 0 bridgehead atoms. The summed E-state index contributed by atoms with van der Waals surface area (Å²) < 4.78 is 10.7. The van der Waals surface area contributed by atoms with Crippen LogP contribution in [0.25, 0.3) is 0 Å². The SMILES string of the molecule is COc1cccc(N(CCC#N)C(=O)Oc2cccc(NC(=O)NC(C)C)c2)c1. The second-order valence-corrected chi connectivity index (χ2v) is 6.41. The Morgan fingerprint density at radius 3 is 2.55 bits per heavy atom. The minimum absolute atomic E-state index is 0.00688. The van der Waals surface area contributed by atoms with Gasteiger partial charge in [0, 0.05) is 30.4 Å². The van der Waals surface area contributed by atoms with Crippen molar-refractivity contribution >= 4 is 23.5 Å². The van der Waals surface area contributed by atoms with E-state index in [1.165, 1.54) is 12.0 Å². The number of amides is 3. The predicted octanol–water partition coefficient (Wildman–Crippen LogP) is 4.14. The molecule has 0 saturated carbocycles. The Bertz CT molecular complexity index is 892. The van der Waals surface area contributed by atoms with Crippen LogP contribution in [0.1, 0.15) is 20.3 Å². The minimum Gasteiger partial charge on any atom is -0.497 e. The number of anilines is 2. The number of nitrogens with one attached hydrogen (secondary N) is 2. The normalized spacial score (nSPS) is 10.0. The molecule has 0 saturated heterocycles. The average molecular weight is 396 g/mol. The van der Waals surface area contributed by atoms with E-state index >= 15 is 0 Å². The third-order valence-electron chi connectivity index (χ3n) is 3.75. The number of nitriles is 1. The summed E-state index contributed by atoms with van der Waals surface area (Å²) in [5.41, 5.74) is 1.04. The van der Waals surface area contributed by atoms with Crippen LogP contribution in [0.3, 0.4) is 0 Å². The molecule has 0 aliphatic heterocycles. The van der Waals surface area contributed by atoms with Crippen molar-refractivity contribution in [2.45, 2.75) is 26.3 Å². The van der Waals surface area contributed by atoms with Gasteiger partial charge in [0.25, 0.3) is 0 Å². The Balaban J connectivity index is 2.15. The average Bonchev–Trinajstić information content (AvgIpc) is 2.68. The highest BCUT2D eigenvalue weighted by Crippen LogP contribution is 2.24. The predicted molar refractivity (Wildman–Crippen MR) is 110 cm³/mol. The van der Waals surface area contributed by atoms with E-state index in [0.29, 0.717) is 17.1 Å². The van der Waals surface area contributed by atoms with Gasteiger partial charge in [-0.05, 0) is 38.1 Å². The molecule has 2 aromatic rings. The molecule has 2 aromatic carbocycles. The van der Waals surface area contributed by atoms with E-state index in [1.807, 2.05) is 19.9 Å². The summed E-state index contributed by atoms with van der Waals surface area (Å²) in [5.74, 6) is 0.849. The number of ether oxygens (including phenoxy) is 2. The van der Waals surface area contributed by atoms with Gasteiger partial charge in [0.05, 0.1) is 25.3 Å². The van der Waals surface area contributed by atoms with Crippen LogP contribution in [-0.4, -0.2) is 31.8 Å². The molecule has 8 heteroatoms. The van der Waals surface area contributed by atoms with E-state index in [-0.39, 0.29) is 30.8 Å². The van der Waals surface area contributed by atoms with Crippen molar-refractivity contribution in [3.63, 3.8) is 0 Å². The molecule has 0 aliphatic carbocycles. The molecular formula is C21H24N4O4. The van der Waals surface area contributed by atoms with E-state index in [2.05, 4.69) is 10.6 Å². The summed E-state index contributed by atoms with van der Waals surface area (Å²) in [6.07, 6.45) is -0.499. The van der Waals surface area contributed by atoms with Gasteiger partial charge in [-0.1, -0.05) is 12.1 Å². The number of rotatable bonds is 7. The third kappa shape index (κ3) is 6.74. The quantitative estimate of drug-likeness (QED) is 0.732. The number of methoxy groups -OCH3 is 1. The van der Waals surface area contributed by atoms with Crippen LogP contribution in [-0.2, 0) is 0 Å². The fourth-order valence-electron chi connectivity index (χ4n) is 2.49. The van der Waals surface area contributed by atoms with Gasteiger partial charge in [-0.3, -0.25) is 4.90 Å². The van der Waals surface area contributed by atoms with Crippen molar-refractivity contribution in [3.05, 3.63) is 48.5 Å². The summed E-state index contributed by atoms with van der Waals surface area (Å²) in [6, 6.07) is 15.1. The molecule has 0 atom stereocenters. The standard InChI is InChI=1S/C21H24N4O4/c1-15(2)23-20(26)24-16-7-4-10-19(13-16)29-21(27)25(12-6-11-22)17-8-5-9-18(14-17)28-3/h4-5,7-10,13-15H,6,12H2,1-3H3,(H2,23,24,26). The van der Waals surface area contributed by atoms with Crippen LogP contribution >= 0.6 is 0 Å². The van der Waals surface area contributed by atoms with Crippen molar-refractivity contribution in [1.82, 2.24) is 5.32 Å². The Morgan fingerprint density at radius 1 is 1.14 bits per heavy atom. The molecule has 3 amide bonds. The summed E-state index contributed by atoms with van der Waals surface area (Å²) in [5, 5.41) is 14.3. The molecule has 8 nitrogen and oxygen atoms in total. The highest BCUT2D eigenvalue weighted by Gasteiger charge is 2.19. The zero-order valence-electron chi connectivity index (χ0n) is 16.6. The molecule has 0 spiro atoms. The van der Waals surface area contributed by atoms with E-state index < -0.39 is 6.09 Å². The van der Waals surface area contributed by atoms with Crippen LogP contribution in [0.2, 0.25) is 0 Å². The zero-order valence-corrected chi connectivity index (χ0v) is 16.6. The summed E-state index contributed by atoms with van der Waals surface area (Å²) >= 11 is 0. The Kier molecular flexibility index (Phi) is 7.86. The van der Waals surface area contributed by atoms with Crippen molar-refractivity contribution in [2.75, 3.05) is 23.9 Å². The second-order valence-electron chi connectivity index (χ2n) is 6.41. The van der Waals surface area contributed by atoms with E-state index in [0.717, 1.165) is 0 Å². The lowest BCUT2D eigenvalue weighted by Crippen LogP contribution is -2.34. The Morgan fingerprint density at radius 2 is 1.86 bits per heavy atom. The maximum atomic E-state index is 12.8. The van der Waals surface area contributed by atoms with Gasteiger partial charge in [-0.25, -0.2) is 9.59 Å². The molecule has 2 rings (SSSR count). The number of urea groups is 1. The third-order valence-corrected chi connectivity index (χ3v) is 3.75. The molecule has 29 heavy (non-hydrogen) atoms. The first-order chi connectivity index (χ1) is 13.9. The highest BCUT2D eigenvalue weighted by atomic mass is 16.6. The smallest absolute Gasteiger partial charge is 0.419 e. The van der Waals surface area contributed by atoms with E-state index in [4.69, 9.17) is 14.7 Å². The van der Waals surface area contributed by atoms with E-state index in [1.54, 1.807) is 48.5 Å². The van der Waals surface area contributed by atoms with Crippen LogP contribution in [0.4, 0.5) is 21.0 Å². The van der Waals surface area contributed by atoms with Crippen LogP contribution in [0.5, 0.6) is 11.5 Å². The van der Waals surface area contributed by atoms with Gasteiger partial charge >= 0.3 is 12.1 Å². The largest absolute Gasteiger partial charge is 0.497 e. The van der Waals surface area contributed by atoms with Crippen LogP contribution in [0.15, 0.2) is 48.5 Å². The maximum absolute atomic E-state index is 12.8. The second kappa shape index (κ2) is 10.6.